The Hall–Kier alpha value is -3.24. The summed E-state index contributed by atoms with van der Waals surface area (Å²) in [5, 5.41) is 0. The number of carbonyl (C=O) groups is 2. The Morgan fingerprint density at radius 1 is 0.839 bits per heavy atom. The molecule has 0 radical (unpaired) electrons. The van der Waals surface area contributed by atoms with E-state index in [0.29, 0.717) is 6.42 Å². The van der Waals surface area contributed by atoms with Gasteiger partial charge in [-0.05, 0) is 23.1 Å². The fourth-order valence-corrected chi connectivity index (χ4v) is 3.84. The van der Waals surface area contributed by atoms with Gasteiger partial charge in [0.15, 0.2) is 0 Å². The molecule has 4 nitrogen and oxygen atoms in total. The van der Waals surface area contributed by atoms with E-state index in [-0.39, 0.29) is 12.5 Å². The van der Waals surface area contributed by atoms with Crippen LogP contribution in [0.4, 0.5) is 0 Å². The molecule has 3 aromatic carbocycles. The van der Waals surface area contributed by atoms with Crippen LogP contribution in [-0.2, 0) is 24.7 Å². The van der Waals surface area contributed by atoms with E-state index in [1.54, 1.807) is 0 Å². The Kier molecular flexibility index (Phi) is 7.74. The summed E-state index contributed by atoms with van der Waals surface area (Å²) in [4.78, 5) is 22.9. The minimum atomic E-state index is -0.896. The molecule has 3 rings (SSSR count). The smallest absolute Gasteiger partial charge is 0.302 e. The zero-order valence-electron chi connectivity index (χ0n) is 17.9. The van der Waals surface area contributed by atoms with Gasteiger partial charge in [-0.3, -0.25) is 4.79 Å². The summed E-state index contributed by atoms with van der Waals surface area (Å²) in [7, 11) is 0. The van der Waals surface area contributed by atoms with Gasteiger partial charge in [-0.25, -0.2) is 0 Å². The molecule has 160 valence electrons. The molecule has 0 unspecified atom stereocenters. The maximum atomic E-state index is 11.7. The molecule has 0 heterocycles. The van der Waals surface area contributed by atoms with Gasteiger partial charge in [0.2, 0.25) is 0 Å². The van der Waals surface area contributed by atoms with Crippen LogP contribution in [0.25, 0.3) is 0 Å². The first kappa shape index (κ1) is 22.4. The SMILES string of the molecule is CC(=O)O[C@@H](COC(c1ccccc1)(c1ccccc1)c1ccccc1)C[C@H](C)C=O. The van der Waals surface area contributed by atoms with Crippen molar-refractivity contribution in [1.82, 2.24) is 0 Å². The Bertz CT molecular complexity index is 858. The van der Waals surface area contributed by atoms with Gasteiger partial charge in [0.05, 0.1) is 6.61 Å². The maximum Gasteiger partial charge on any atom is 0.302 e. The van der Waals surface area contributed by atoms with Crippen LogP contribution in [0.3, 0.4) is 0 Å². The van der Waals surface area contributed by atoms with Crippen molar-refractivity contribution in [1.29, 1.82) is 0 Å². The summed E-state index contributed by atoms with van der Waals surface area (Å²) in [6.07, 6.45) is 0.737. The second-order valence-electron chi connectivity index (χ2n) is 7.67. The molecular formula is C27H28O4. The molecule has 2 atom stereocenters. The normalized spacial score (nSPS) is 13.2. The molecule has 0 saturated carbocycles. The third-order valence-electron chi connectivity index (χ3n) is 5.23. The summed E-state index contributed by atoms with van der Waals surface area (Å²) in [5.41, 5.74) is 2.01. The maximum absolute atomic E-state index is 11.7. The molecule has 4 heteroatoms. The first-order valence-electron chi connectivity index (χ1n) is 10.5. The van der Waals surface area contributed by atoms with Crippen LogP contribution in [0, 0.1) is 5.92 Å². The molecule has 0 N–H and O–H groups in total. The van der Waals surface area contributed by atoms with E-state index < -0.39 is 17.7 Å². The Morgan fingerprint density at radius 3 is 1.61 bits per heavy atom. The number of ether oxygens (including phenoxy) is 2. The zero-order valence-corrected chi connectivity index (χ0v) is 17.9. The fraction of sp³-hybridized carbons (Fsp3) is 0.259. The third-order valence-corrected chi connectivity index (χ3v) is 5.23. The quantitative estimate of drug-likeness (QED) is 0.260. The van der Waals surface area contributed by atoms with E-state index in [2.05, 4.69) is 0 Å². The highest BCUT2D eigenvalue weighted by Crippen LogP contribution is 2.40. The van der Waals surface area contributed by atoms with Crippen molar-refractivity contribution in [2.24, 2.45) is 5.92 Å². The standard InChI is InChI=1S/C27H28O4/c1-21(19-28)18-26(31-22(2)29)20-30-27(23-12-6-3-7-13-23,24-14-8-4-9-15-24)25-16-10-5-11-17-25/h3-17,19,21,26H,18,20H2,1-2H3/t21-,26+/m0/s1. The number of carbonyl (C=O) groups excluding carboxylic acids is 2. The fourth-order valence-electron chi connectivity index (χ4n) is 3.84. The lowest BCUT2D eigenvalue weighted by molar-refractivity contribution is -0.153. The lowest BCUT2D eigenvalue weighted by atomic mass is 9.80. The highest BCUT2D eigenvalue weighted by Gasteiger charge is 2.38. The van der Waals surface area contributed by atoms with Crippen LogP contribution in [0.2, 0.25) is 0 Å². The summed E-state index contributed by atoms with van der Waals surface area (Å²) in [5.74, 6) is -0.635. The van der Waals surface area contributed by atoms with E-state index in [9.17, 15) is 9.59 Å². The molecule has 0 aromatic heterocycles. The second kappa shape index (κ2) is 10.7. The molecule has 0 aliphatic heterocycles. The van der Waals surface area contributed by atoms with Gasteiger partial charge < -0.3 is 14.3 Å². The van der Waals surface area contributed by atoms with Crippen molar-refractivity contribution in [2.75, 3.05) is 6.61 Å². The van der Waals surface area contributed by atoms with Crippen LogP contribution < -0.4 is 0 Å². The molecule has 0 spiro atoms. The number of aldehydes is 1. The highest BCUT2D eigenvalue weighted by molar-refractivity contribution is 5.66. The van der Waals surface area contributed by atoms with Crippen LogP contribution in [0.5, 0.6) is 0 Å². The van der Waals surface area contributed by atoms with Gasteiger partial charge in [-0.1, -0.05) is 97.9 Å². The summed E-state index contributed by atoms with van der Waals surface area (Å²) >= 11 is 0. The molecule has 31 heavy (non-hydrogen) atoms. The van der Waals surface area contributed by atoms with E-state index in [1.165, 1.54) is 6.92 Å². The molecule has 0 aliphatic carbocycles. The highest BCUT2D eigenvalue weighted by atomic mass is 16.6. The van der Waals surface area contributed by atoms with Crippen molar-refractivity contribution in [2.45, 2.75) is 32.0 Å². The number of rotatable bonds is 10. The van der Waals surface area contributed by atoms with Crippen LogP contribution in [-0.4, -0.2) is 25.0 Å². The van der Waals surface area contributed by atoms with E-state index in [4.69, 9.17) is 9.47 Å². The summed E-state index contributed by atoms with van der Waals surface area (Å²) in [6.45, 7) is 3.33. The lowest BCUT2D eigenvalue weighted by Crippen LogP contribution is -2.37. The molecule has 0 saturated heterocycles. The van der Waals surface area contributed by atoms with Crippen molar-refractivity contribution in [3.63, 3.8) is 0 Å². The van der Waals surface area contributed by atoms with Gasteiger partial charge in [0.1, 0.15) is 18.0 Å². The van der Waals surface area contributed by atoms with Gasteiger partial charge in [-0.15, -0.1) is 0 Å². The Balaban J connectivity index is 2.09. The van der Waals surface area contributed by atoms with Gasteiger partial charge >= 0.3 is 5.97 Å². The van der Waals surface area contributed by atoms with E-state index >= 15 is 0 Å². The van der Waals surface area contributed by atoms with Crippen LogP contribution in [0.15, 0.2) is 91.0 Å². The summed E-state index contributed by atoms with van der Waals surface area (Å²) in [6, 6.07) is 30.0. The molecule has 0 amide bonds. The number of hydrogen-bond donors (Lipinski definition) is 0. The average molecular weight is 417 g/mol. The van der Waals surface area contributed by atoms with Crippen molar-refractivity contribution >= 4 is 12.3 Å². The molecule has 0 aliphatic rings. The number of esters is 1. The average Bonchev–Trinajstić information content (AvgIpc) is 2.81. The minimum Gasteiger partial charge on any atom is -0.460 e. The van der Waals surface area contributed by atoms with Gasteiger partial charge in [0.25, 0.3) is 0 Å². The predicted molar refractivity (Wildman–Crippen MR) is 121 cm³/mol. The Morgan fingerprint density at radius 2 is 1.26 bits per heavy atom. The summed E-state index contributed by atoms with van der Waals surface area (Å²) < 4.78 is 12.2. The third kappa shape index (κ3) is 5.47. The molecule has 3 aromatic rings. The minimum absolute atomic E-state index is 0.149. The molecule has 0 fully saturated rings. The molecule has 0 bridgehead atoms. The van der Waals surface area contributed by atoms with E-state index in [0.717, 1.165) is 23.0 Å². The monoisotopic (exact) mass is 416 g/mol. The van der Waals surface area contributed by atoms with Crippen molar-refractivity contribution < 1.29 is 19.1 Å². The molecular weight excluding hydrogens is 388 g/mol. The predicted octanol–water partition coefficient (Wildman–Crippen LogP) is 5.15. The zero-order chi connectivity index (χ0) is 22.1. The number of benzene rings is 3. The first-order valence-corrected chi connectivity index (χ1v) is 10.5. The van der Waals surface area contributed by atoms with Gasteiger partial charge in [-0.2, -0.15) is 0 Å². The first-order chi connectivity index (χ1) is 15.1. The van der Waals surface area contributed by atoms with Crippen LogP contribution >= 0.6 is 0 Å². The van der Waals surface area contributed by atoms with Crippen molar-refractivity contribution in [3.8, 4) is 0 Å². The Labute approximate surface area is 183 Å². The largest absolute Gasteiger partial charge is 0.460 e. The van der Waals surface area contributed by atoms with Crippen molar-refractivity contribution in [3.05, 3.63) is 108 Å². The van der Waals surface area contributed by atoms with Gasteiger partial charge in [0, 0.05) is 12.8 Å². The van der Waals surface area contributed by atoms with Crippen LogP contribution in [0.1, 0.15) is 37.0 Å². The number of hydrogen-bond acceptors (Lipinski definition) is 4. The van der Waals surface area contributed by atoms with E-state index in [1.807, 2.05) is 97.9 Å². The second-order valence-corrected chi connectivity index (χ2v) is 7.67. The lowest BCUT2D eigenvalue weighted by Gasteiger charge is -2.37. The topological polar surface area (TPSA) is 52.6 Å².